The number of nitrogens with one attached hydrogen (secondary N) is 1. The number of halogens is 1. The Kier molecular flexibility index (Phi) is 6.94. The van der Waals surface area contributed by atoms with E-state index >= 15 is 0 Å². The van der Waals surface area contributed by atoms with E-state index in [1.165, 1.54) is 0 Å². The van der Waals surface area contributed by atoms with Gasteiger partial charge in [-0.05, 0) is 25.0 Å². The first kappa shape index (κ1) is 18.6. The number of hydrogen-bond donors (Lipinski definition) is 1. The van der Waals surface area contributed by atoms with Crippen molar-refractivity contribution in [1.29, 1.82) is 0 Å². The number of ether oxygens (including phenoxy) is 1. The zero-order valence-corrected chi connectivity index (χ0v) is 15.5. The molecular weight excluding hydrogens is 324 g/mol. The van der Waals surface area contributed by atoms with Gasteiger partial charge in [-0.1, -0.05) is 50.6 Å². The maximum atomic E-state index is 6.15. The summed E-state index contributed by atoms with van der Waals surface area (Å²) in [5.41, 5.74) is 0.993. The Balaban J connectivity index is 1.94. The van der Waals surface area contributed by atoms with Gasteiger partial charge in [-0.2, -0.15) is 9.97 Å². The molecule has 0 aliphatic carbocycles. The van der Waals surface area contributed by atoms with Crippen molar-refractivity contribution in [3.8, 4) is 0 Å². The molecular formula is C18H25ClN4O. The Labute approximate surface area is 148 Å². The van der Waals surface area contributed by atoms with Crippen molar-refractivity contribution in [2.75, 3.05) is 11.9 Å². The summed E-state index contributed by atoms with van der Waals surface area (Å²) in [7, 11) is 0. The molecule has 2 aromatic rings. The normalized spacial score (nSPS) is 12.4. The maximum Gasteiger partial charge on any atom is 0.226 e. The lowest BCUT2D eigenvalue weighted by Gasteiger charge is -2.18. The van der Waals surface area contributed by atoms with Crippen molar-refractivity contribution in [2.45, 2.75) is 52.7 Å². The number of nitrogens with zero attached hydrogens (tertiary/aromatic N) is 3. The van der Waals surface area contributed by atoms with E-state index in [0.717, 1.165) is 28.7 Å². The summed E-state index contributed by atoms with van der Waals surface area (Å²) in [5.74, 6) is 2.41. The van der Waals surface area contributed by atoms with Crippen LogP contribution in [0.2, 0.25) is 5.02 Å². The smallest absolute Gasteiger partial charge is 0.226 e. The lowest BCUT2D eigenvalue weighted by atomic mass is 10.2. The number of rotatable bonds is 8. The third kappa shape index (κ3) is 5.42. The first-order chi connectivity index (χ1) is 11.5. The van der Waals surface area contributed by atoms with E-state index in [1.54, 1.807) is 0 Å². The van der Waals surface area contributed by atoms with Gasteiger partial charge in [0, 0.05) is 10.9 Å². The first-order valence-electron chi connectivity index (χ1n) is 8.29. The molecule has 0 fully saturated rings. The highest BCUT2D eigenvalue weighted by atomic mass is 35.5. The molecule has 130 valence electrons. The molecule has 1 heterocycles. The molecule has 0 spiro atoms. The Morgan fingerprint density at radius 2 is 1.92 bits per heavy atom. The molecule has 0 bridgehead atoms. The Morgan fingerprint density at radius 1 is 1.17 bits per heavy atom. The van der Waals surface area contributed by atoms with Crippen LogP contribution in [-0.4, -0.2) is 27.6 Å². The fourth-order valence-electron chi connectivity index (χ4n) is 2.20. The molecule has 1 N–H and O–H groups in total. The second-order valence-electron chi connectivity index (χ2n) is 6.08. The first-order valence-corrected chi connectivity index (χ1v) is 8.67. The van der Waals surface area contributed by atoms with E-state index < -0.39 is 0 Å². The molecule has 1 unspecified atom stereocenters. The third-order valence-corrected chi connectivity index (χ3v) is 4.01. The zero-order valence-electron chi connectivity index (χ0n) is 14.7. The molecule has 2 rings (SSSR count). The maximum absolute atomic E-state index is 6.15. The van der Waals surface area contributed by atoms with Gasteiger partial charge in [0.15, 0.2) is 0 Å². The van der Waals surface area contributed by atoms with Gasteiger partial charge >= 0.3 is 0 Å². The molecule has 0 aliphatic heterocycles. The van der Waals surface area contributed by atoms with E-state index in [4.69, 9.17) is 16.3 Å². The zero-order chi connectivity index (χ0) is 17.5. The van der Waals surface area contributed by atoms with E-state index in [2.05, 4.69) is 41.0 Å². The van der Waals surface area contributed by atoms with E-state index in [9.17, 15) is 0 Å². The van der Waals surface area contributed by atoms with E-state index in [1.807, 2.05) is 31.2 Å². The summed E-state index contributed by atoms with van der Waals surface area (Å²) in [4.78, 5) is 13.2. The van der Waals surface area contributed by atoms with Crippen molar-refractivity contribution < 1.29 is 4.74 Å². The van der Waals surface area contributed by atoms with Crippen LogP contribution in [0.25, 0.3) is 0 Å². The predicted octanol–water partition coefficient (Wildman–Crippen LogP) is 4.36. The molecule has 1 aromatic carbocycles. The quantitative estimate of drug-likeness (QED) is 0.767. The summed E-state index contributed by atoms with van der Waals surface area (Å²) < 4.78 is 5.82. The lowest BCUT2D eigenvalue weighted by molar-refractivity contribution is 0.111. The van der Waals surface area contributed by atoms with E-state index in [0.29, 0.717) is 19.2 Å². The van der Waals surface area contributed by atoms with Gasteiger partial charge in [0.2, 0.25) is 5.95 Å². The molecule has 0 saturated heterocycles. The van der Waals surface area contributed by atoms with Gasteiger partial charge in [0.05, 0.1) is 19.3 Å². The van der Waals surface area contributed by atoms with Crippen LogP contribution in [0.3, 0.4) is 0 Å². The molecule has 0 aliphatic rings. The molecule has 6 heteroatoms. The van der Waals surface area contributed by atoms with Crippen molar-refractivity contribution in [3.05, 3.63) is 46.5 Å². The number of aryl methyl sites for hydroxylation is 1. The number of anilines is 1. The van der Waals surface area contributed by atoms with Crippen LogP contribution in [0.5, 0.6) is 0 Å². The highest BCUT2D eigenvalue weighted by Gasteiger charge is 2.12. The second kappa shape index (κ2) is 8.94. The van der Waals surface area contributed by atoms with Gasteiger partial charge in [-0.25, -0.2) is 4.98 Å². The average Bonchev–Trinajstić information content (AvgIpc) is 2.55. The summed E-state index contributed by atoms with van der Waals surface area (Å²) in [6, 6.07) is 7.85. The summed E-state index contributed by atoms with van der Waals surface area (Å²) >= 11 is 6.15. The van der Waals surface area contributed by atoms with Gasteiger partial charge in [0.25, 0.3) is 0 Å². The molecule has 0 radical (unpaired) electrons. The largest absolute Gasteiger partial charge is 0.375 e. The molecule has 24 heavy (non-hydrogen) atoms. The highest BCUT2D eigenvalue weighted by Crippen LogP contribution is 2.16. The van der Waals surface area contributed by atoms with Gasteiger partial charge < -0.3 is 10.1 Å². The minimum absolute atomic E-state index is 0.134. The predicted molar refractivity (Wildman–Crippen MR) is 97.5 cm³/mol. The SMILES string of the molecule is CCC(COCc1ccccc1Cl)Nc1nc(C)nc(C(C)C)n1. The Morgan fingerprint density at radius 3 is 2.58 bits per heavy atom. The third-order valence-electron chi connectivity index (χ3n) is 3.64. The van der Waals surface area contributed by atoms with Crippen LogP contribution in [0.1, 0.15) is 50.3 Å². The fourth-order valence-corrected chi connectivity index (χ4v) is 2.39. The monoisotopic (exact) mass is 348 g/mol. The van der Waals surface area contributed by atoms with Crippen LogP contribution in [0.4, 0.5) is 5.95 Å². The molecule has 5 nitrogen and oxygen atoms in total. The fraction of sp³-hybridized carbons (Fsp3) is 0.500. The van der Waals surface area contributed by atoms with Crippen LogP contribution in [0.15, 0.2) is 24.3 Å². The Hall–Kier alpha value is -1.72. The van der Waals surface area contributed by atoms with E-state index in [-0.39, 0.29) is 12.0 Å². The molecule has 0 saturated carbocycles. The van der Waals surface area contributed by atoms with Crippen molar-refractivity contribution in [2.24, 2.45) is 0 Å². The van der Waals surface area contributed by atoms with Crippen LogP contribution in [-0.2, 0) is 11.3 Å². The number of aromatic nitrogens is 3. The van der Waals surface area contributed by atoms with Crippen molar-refractivity contribution >= 4 is 17.5 Å². The van der Waals surface area contributed by atoms with Gasteiger partial charge in [-0.15, -0.1) is 0 Å². The number of benzene rings is 1. The minimum Gasteiger partial charge on any atom is -0.375 e. The summed E-state index contributed by atoms with van der Waals surface area (Å²) in [6.45, 7) is 9.18. The minimum atomic E-state index is 0.134. The number of hydrogen-bond acceptors (Lipinski definition) is 5. The van der Waals surface area contributed by atoms with Crippen LogP contribution >= 0.6 is 11.6 Å². The van der Waals surface area contributed by atoms with Gasteiger partial charge in [-0.3, -0.25) is 0 Å². The second-order valence-corrected chi connectivity index (χ2v) is 6.48. The average molecular weight is 349 g/mol. The molecule has 1 atom stereocenters. The summed E-state index contributed by atoms with van der Waals surface area (Å²) in [5, 5.41) is 4.08. The standard InChI is InChI=1S/C18H25ClN4O/c1-5-15(11-24-10-14-8-6-7-9-16(14)19)22-18-21-13(4)20-17(23-18)12(2)3/h6-9,12,15H,5,10-11H2,1-4H3,(H,20,21,22,23). The highest BCUT2D eigenvalue weighted by molar-refractivity contribution is 6.31. The van der Waals surface area contributed by atoms with Gasteiger partial charge in [0.1, 0.15) is 11.6 Å². The summed E-state index contributed by atoms with van der Waals surface area (Å²) in [6.07, 6.45) is 0.907. The Bertz CT molecular complexity index is 663. The molecule has 0 amide bonds. The topological polar surface area (TPSA) is 59.9 Å². The van der Waals surface area contributed by atoms with Crippen LogP contribution in [0, 0.1) is 6.92 Å². The van der Waals surface area contributed by atoms with Crippen molar-refractivity contribution in [1.82, 2.24) is 15.0 Å². The molecule has 1 aromatic heterocycles. The van der Waals surface area contributed by atoms with Crippen LogP contribution < -0.4 is 5.32 Å². The lowest BCUT2D eigenvalue weighted by Crippen LogP contribution is -2.26. The van der Waals surface area contributed by atoms with Crippen molar-refractivity contribution in [3.63, 3.8) is 0 Å².